The van der Waals surface area contributed by atoms with Crippen LogP contribution in [-0.4, -0.2) is 33.9 Å². The maximum Gasteiger partial charge on any atom is 0.335 e. The van der Waals surface area contributed by atoms with Crippen LogP contribution in [0, 0.1) is 0 Å². The molecule has 1 amide bonds. The molecule has 0 saturated carbocycles. The average molecular weight is 570 g/mol. The summed E-state index contributed by atoms with van der Waals surface area (Å²) >= 11 is 1.61. The largest absolute Gasteiger partial charge is 0.478 e. The van der Waals surface area contributed by atoms with Gasteiger partial charge in [0, 0.05) is 34.7 Å². The van der Waals surface area contributed by atoms with Crippen molar-refractivity contribution in [3.63, 3.8) is 0 Å². The highest BCUT2D eigenvalue weighted by molar-refractivity contribution is 7.99. The smallest absolute Gasteiger partial charge is 0.335 e. The summed E-state index contributed by atoms with van der Waals surface area (Å²) in [5.74, 6) is -0.403. The van der Waals surface area contributed by atoms with E-state index in [1.165, 1.54) is 0 Å². The lowest BCUT2D eigenvalue weighted by Gasteiger charge is -2.36. The topological polar surface area (TPSA) is 105 Å². The van der Waals surface area contributed by atoms with Crippen molar-refractivity contribution in [3.05, 3.63) is 137 Å². The maximum atomic E-state index is 12.4. The molecule has 1 saturated heterocycles. The van der Waals surface area contributed by atoms with Crippen LogP contribution in [-0.2, 0) is 22.6 Å². The Morgan fingerprint density at radius 2 is 1.44 bits per heavy atom. The lowest BCUT2D eigenvalue weighted by atomic mass is 10.0. The Bertz CT molecular complexity index is 1440. The minimum atomic E-state index is -0.947. The molecule has 0 spiro atoms. The lowest BCUT2D eigenvalue weighted by Crippen LogP contribution is -2.31. The molecule has 4 aromatic carbocycles. The van der Waals surface area contributed by atoms with E-state index in [2.05, 4.69) is 5.32 Å². The number of ether oxygens (including phenoxy) is 2. The number of aliphatic hydroxyl groups is 1. The van der Waals surface area contributed by atoms with Gasteiger partial charge in [0.25, 0.3) is 5.91 Å². The Kier molecular flexibility index (Phi) is 9.48. The summed E-state index contributed by atoms with van der Waals surface area (Å²) < 4.78 is 12.8. The summed E-state index contributed by atoms with van der Waals surface area (Å²) in [5, 5.41) is 21.5. The first kappa shape index (κ1) is 28.6. The van der Waals surface area contributed by atoms with Crippen LogP contribution < -0.4 is 5.32 Å². The van der Waals surface area contributed by atoms with Gasteiger partial charge in [-0.2, -0.15) is 0 Å². The third kappa shape index (κ3) is 7.62. The molecule has 0 radical (unpaired) electrons. The van der Waals surface area contributed by atoms with Crippen LogP contribution in [0.3, 0.4) is 0 Å². The Labute approximate surface area is 243 Å². The third-order valence-electron chi connectivity index (χ3n) is 6.89. The monoisotopic (exact) mass is 569 g/mol. The second-order valence-electron chi connectivity index (χ2n) is 9.78. The van der Waals surface area contributed by atoms with Crippen molar-refractivity contribution in [2.24, 2.45) is 0 Å². The average Bonchev–Trinajstić information content (AvgIpc) is 3.03. The Hall–Kier alpha value is -3.95. The van der Waals surface area contributed by atoms with Crippen LogP contribution in [0.2, 0.25) is 0 Å². The minimum absolute atomic E-state index is 0.0182. The van der Waals surface area contributed by atoms with Crippen molar-refractivity contribution in [1.29, 1.82) is 0 Å². The number of carboxylic acid groups (broad SMARTS) is 1. The highest BCUT2D eigenvalue weighted by Gasteiger charge is 2.32. The van der Waals surface area contributed by atoms with Crippen LogP contribution in [0.1, 0.15) is 61.8 Å². The fourth-order valence-electron chi connectivity index (χ4n) is 4.57. The summed E-state index contributed by atoms with van der Waals surface area (Å²) in [4.78, 5) is 24.5. The van der Waals surface area contributed by atoms with Crippen molar-refractivity contribution in [2.75, 3.05) is 5.75 Å². The van der Waals surface area contributed by atoms with Gasteiger partial charge in [0.2, 0.25) is 0 Å². The quantitative estimate of drug-likeness (QED) is 0.197. The van der Waals surface area contributed by atoms with Crippen molar-refractivity contribution in [1.82, 2.24) is 5.32 Å². The number of carbonyl (C=O) groups is 2. The molecule has 0 unspecified atom stereocenters. The SMILES string of the molecule is O=C(O)c1ccc(SC[C@@H]2C[C@H](c3ccc(CO)cc3)O[C@H](c3ccc(CNC(=O)c4ccccc4)cc3)O2)cc1. The first-order chi connectivity index (χ1) is 20.0. The van der Waals surface area contributed by atoms with Crippen LogP contribution in [0.5, 0.6) is 0 Å². The molecule has 5 rings (SSSR count). The molecule has 1 aliphatic heterocycles. The van der Waals surface area contributed by atoms with Gasteiger partial charge in [0.1, 0.15) is 0 Å². The molecule has 0 bridgehead atoms. The molecule has 1 fully saturated rings. The molecule has 8 heteroatoms. The third-order valence-corrected chi connectivity index (χ3v) is 8.04. The van der Waals surface area contributed by atoms with E-state index in [1.54, 1.807) is 36.0 Å². The van der Waals surface area contributed by atoms with Gasteiger partial charge in [-0.3, -0.25) is 4.79 Å². The van der Waals surface area contributed by atoms with E-state index >= 15 is 0 Å². The van der Waals surface area contributed by atoms with Gasteiger partial charge >= 0.3 is 5.97 Å². The molecule has 0 aromatic heterocycles. The Morgan fingerprint density at radius 1 is 0.780 bits per heavy atom. The number of amides is 1. The number of carboxylic acids is 1. The number of aliphatic hydroxyl groups excluding tert-OH is 1. The predicted molar refractivity (Wildman–Crippen MR) is 157 cm³/mol. The van der Waals surface area contributed by atoms with Gasteiger partial charge in [0.15, 0.2) is 6.29 Å². The standard InChI is InChI=1S/C33H31NO6S/c35-20-23-8-10-24(11-9-23)30-18-28(21-41-29-16-14-26(15-17-29)32(37)38)39-33(40-30)27-12-6-22(7-13-27)19-34-31(36)25-4-2-1-3-5-25/h1-17,28,30,33,35H,18-21H2,(H,34,36)(H,37,38)/t28-,30+,33+/m0/s1. The van der Waals surface area contributed by atoms with Crippen LogP contribution >= 0.6 is 11.8 Å². The number of benzene rings is 4. The maximum absolute atomic E-state index is 12.4. The number of rotatable bonds is 10. The molecule has 0 aliphatic carbocycles. The fourth-order valence-corrected chi connectivity index (χ4v) is 5.49. The van der Waals surface area contributed by atoms with E-state index in [0.717, 1.165) is 27.1 Å². The van der Waals surface area contributed by atoms with E-state index in [9.17, 15) is 14.7 Å². The number of nitrogens with one attached hydrogen (secondary N) is 1. The zero-order chi connectivity index (χ0) is 28.6. The first-order valence-corrected chi connectivity index (χ1v) is 14.4. The van der Waals surface area contributed by atoms with E-state index < -0.39 is 12.3 Å². The summed E-state index contributed by atoms with van der Waals surface area (Å²) in [6.07, 6.45) is -0.255. The molecule has 1 aliphatic rings. The van der Waals surface area contributed by atoms with E-state index in [1.807, 2.05) is 78.9 Å². The lowest BCUT2D eigenvalue weighted by molar-refractivity contribution is -0.245. The molecule has 1 heterocycles. The van der Waals surface area contributed by atoms with Gasteiger partial charge in [-0.05, 0) is 53.1 Å². The summed E-state index contributed by atoms with van der Waals surface area (Å²) in [6.45, 7) is 0.385. The van der Waals surface area contributed by atoms with Gasteiger partial charge in [-0.1, -0.05) is 66.7 Å². The molecule has 41 heavy (non-hydrogen) atoms. The second-order valence-corrected chi connectivity index (χ2v) is 10.9. The van der Waals surface area contributed by atoms with Crippen molar-refractivity contribution < 1.29 is 29.3 Å². The van der Waals surface area contributed by atoms with Crippen LogP contribution in [0.4, 0.5) is 0 Å². The number of aromatic carboxylic acids is 1. The highest BCUT2D eigenvalue weighted by atomic mass is 32.2. The molecule has 210 valence electrons. The summed E-state index contributed by atoms with van der Waals surface area (Å²) in [6, 6.07) is 31.5. The van der Waals surface area contributed by atoms with Crippen LogP contribution in [0.15, 0.2) is 108 Å². The Balaban J connectivity index is 1.27. The van der Waals surface area contributed by atoms with Gasteiger partial charge in [-0.15, -0.1) is 11.8 Å². The second kappa shape index (κ2) is 13.6. The molecule has 4 aromatic rings. The predicted octanol–water partition coefficient (Wildman–Crippen LogP) is 6.14. The van der Waals surface area contributed by atoms with E-state index in [4.69, 9.17) is 14.6 Å². The van der Waals surface area contributed by atoms with Gasteiger partial charge < -0.3 is 25.0 Å². The van der Waals surface area contributed by atoms with Crippen molar-refractivity contribution in [2.45, 2.75) is 43.0 Å². The summed E-state index contributed by atoms with van der Waals surface area (Å²) in [7, 11) is 0. The minimum Gasteiger partial charge on any atom is -0.478 e. The zero-order valence-corrected chi connectivity index (χ0v) is 23.1. The zero-order valence-electron chi connectivity index (χ0n) is 22.3. The highest BCUT2D eigenvalue weighted by Crippen LogP contribution is 2.39. The number of thioether (sulfide) groups is 1. The molecule has 3 atom stereocenters. The van der Waals surface area contributed by atoms with E-state index in [0.29, 0.717) is 24.3 Å². The number of hydrogen-bond donors (Lipinski definition) is 3. The molecular weight excluding hydrogens is 538 g/mol. The molecule has 7 nitrogen and oxygen atoms in total. The van der Waals surface area contributed by atoms with Gasteiger partial charge in [0.05, 0.1) is 24.4 Å². The molecular formula is C33H31NO6S. The van der Waals surface area contributed by atoms with Crippen LogP contribution in [0.25, 0.3) is 0 Å². The van der Waals surface area contributed by atoms with E-state index in [-0.39, 0.29) is 30.3 Å². The number of hydrogen-bond acceptors (Lipinski definition) is 6. The molecule has 3 N–H and O–H groups in total. The Morgan fingerprint density at radius 3 is 2.10 bits per heavy atom. The first-order valence-electron chi connectivity index (χ1n) is 13.4. The number of carbonyl (C=O) groups excluding carboxylic acids is 1. The van der Waals surface area contributed by atoms with Gasteiger partial charge in [-0.25, -0.2) is 4.79 Å². The van der Waals surface area contributed by atoms with Crippen molar-refractivity contribution >= 4 is 23.6 Å². The van der Waals surface area contributed by atoms with Crippen molar-refractivity contribution in [3.8, 4) is 0 Å². The fraction of sp³-hybridized carbons (Fsp3) is 0.212. The normalized spacial score (nSPS) is 18.5. The summed E-state index contributed by atoms with van der Waals surface area (Å²) in [5.41, 5.74) is 4.56.